The maximum absolute atomic E-state index is 13.5. The fourth-order valence-corrected chi connectivity index (χ4v) is 2.40. The van der Waals surface area contributed by atoms with Crippen molar-refractivity contribution in [3.05, 3.63) is 52.5 Å². The number of fused-ring (bicyclic) bond motifs is 1. The molecule has 0 aliphatic carbocycles. The van der Waals surface area contributed by atoms with Crippen LogP contribution in [0.2, 0.25) is 0 Å². The Morgan fingerprint density at radius 1 is 1.22 bits per heavy atom. The van der Waals surface area contributed by atoms with E-state index in [1.165, 1.54) is 6.20 Å². The number of hydrogen-bond acceptors (Lipinski definition) is 1. The number of nitrogens with zero attached hydrogens (tertiary/aromatic N) is 1. The van der Waals surface area contributed by atoms with E-state index >= 15 is 0 Å². The molecule has 0 saturated heterocycles. The Hall–Kier alpha value is -1.68. The third kappa shape index (κ3) is 1.82. The number of benzene rings is 1. The van der Waals surface area contributed by atoms with Crippen molar-refractivity contribution >= 4 is 26.8 Å². The molecule has 0 fully saturated rings. The van der Waals surface area contributed by atoms with Gasteiger partial charge in [-0.15, -0.1) is 0 Å². The smallest absolute Gasteiger partial charge is 0.145 e. The van der Waals surface area contributed by atoms with E-state index in [1.807, 2.05) is 24.3 Å². The number of rotatable bonds is 1. The molecule has 18 heavy (non-hydrogen) atoms. The number of pyridine rings is 1. The first-order chi connectivity index (χ1) is 8.65. The Labute approximate surface area is 112 Å². The van der Waals surface area contributed by atoms with Crippen LogP contribution < -0.4 is 0 Å². The molecule has 0 atom stereocenters. The molecule has 0 aliphatic rings. The van der Waals surface area contributed by atoms with Gasteiger partial charge in [0.1, 0.15) is 5.82 Å². The average Bonchev–Trinajstić information content (AvgIpc) is 2.75. The van der Waals surface area contributed by atoms with E-state index in [0.717, 1.165) is 26.6 Å². The van der Waals surface area contributed by atoms with Gasteiger partial charge in [-0.25, -0.2) is 4.39 Å². The summed E-state index contributed by atoms with van der Waals surface area (Å²) in [5.74, 6) is -0.285. The van der Waals surface area contributed by atoms with Gasteiger partial charge in [-0.3, -0.25) is 4.98 Å². The number of aromatic nitrogens is 2. The van der Waals surface area contributed by atoms with Crippen molar-refractivity contribution in [1.29, 1.82) is 0 Å². The fraction of sp³-hybridized carbons (Fsp3) is 0.0714. The number of aromatic amines is 1. The first-order valence-electron chi connectivity index (χ1n) is 5.54. The lowest BCUT2D eigenvalue weighted by atomic mass is 10.1. The van der Waals surface area contributed by atoms with Crippen molar-refractivity contribution < 1.29 is 4.39 Å². The van der Waals surface area contributed by atoms with Gasteiger partial charge < -0.3 is 4.98 Å². The van der Waals surface area contributed by atoms with Gasteiger partial charge in [-0.05, 0) is 36.8 Å². The summed E-state index contributed by atoms with van der Waals surface area (Å²) in [5.41, 5.74) is 3.31. The van der Waals surface area contributed by atoms with E-state index < -0.39 is 0 Å². The number of nitrogens with one attached hydrogen (secondary N) is 1. The molecule has 2 heterocycles. The summed E-state index contributed by atoms with van der Waals surface area (Å²) in [6.07, 6.45) is 2.91. The Balaban J connectivity index is 2.22. The second kappa shape index (κ2) is 4.21. The molecule has 2 aromatic heterocycles. The lowest BCUT2D eigenvalue weighted by Gasteiger charge is -2.02. The fourth-order valence-electron chi connectivity index (χ4n) is 2.02. The van der Waals surface area contributed by atoms with Crippen molar-refractivity contribution in [3.8, 4) is 11.3 Å². The Kier molecular flexibility index (Phi) is 2.67. The minimum atomic E-state index is -0.285. The molecule has 1 aromatic carbocycles. The zero-order valence-corrected chi connectivity index (χ0v) is 11.3. The second-order valence-electron chi connectivity index (χ2n) is 4.21. The minimum absolute atomic E-state index is 0.285. The molecular weight excluding hydrogens is 295 g/mol. The van der Waals surface area contributed by atoms with E-state index in [9.17, 15) is 4.39 Å². The maximum Gasteiger partial charge on any atom is 0.145 e. The van der Waals surface area contributed by atoms with Gasteiger partial charge in [0.25, 0.3) is 0 Å². The highest BCUT2D eigenvalue weighted by Gasteiger charge is 2.09. The maximum atomic E-state index is 13.5. The Bertz CT molecular complexity index is 734. The molecule has 3 aromatic rings. The molecule has 0 bridgehead atoms. The normalized spacial score (nSPS) is 11.1. The van der Waals surface area contributed by atoms with Crippen molar-refractivity contribution in [3.63, 3.8) is 0 Å². The molecule has 0 spiro atoms. The predicted molar refractivity (Wildman–Crippen MR) is 73.9 cm³/mol. The van der Waals surface area contributed by atoms with Gasteiger partial charge in [0, 0.05) is 32.8 Å². The van der Waals surface area contributed by atoms with Crippen molar-refractivity contribution in [2.75, 3.05) is 0 Å². The quantitative estimate of drug-likeness (QED) is 0.707. The third-order valence-corrected chi connectivity index (χ3v) is 3.52. The number of halogens is 2. The lowest BCUT2D eigenvalue weighted by Crippen LogP contribution is -1.90. The van der Waals surface area contributed by atoms with E-state index in [0.29, 0.717) is 5.56 Å². The summed E-state index contributed by atoms with van der Waals surface area (Å²) in [6.45, 7) is 1.76. The molecule has 4 heteroatoms. The SMILES string of the molecule is Cc1c(F)cncc1-c1cc2cc(Br)ccc2[nH]1. The van der Waals surface area contributed by atoms with Crippen molar-refractivity contribution in [2.24, 2.45) is 0 Å². The molecule has 90 valence electrons. The van der Waals surface area contributed by atoms with Crippen LogP contribution in [0.5, 0.6) is 0 Å². The van der Waals surface area contributed by atoms with Gasteiger partial charge >= 0.3 is 0 Å². The molecular formula is C14H10BrFN2. The summed E-state index contributed by atoms with van der Waals surface area (Å²) in [5, 5.41) is 1.09. The van der Waals surface area contributed by atoms with Crippen LogP contribution >= 0.6 is 15.9 Å². The van der Waals surface area contributed by atoms with Crippen LogP contribution in [-0.4, -0.2) is 9.97 Å². The third-order valence-electron chi connectivity index (χ3n) is 3.03. The van der Waals surface area contributed by atoms with Gasteiger partial charge in [0.2, 0.25) is 0 Å². The van der Waals surface area contributed by atoms with Gasteiger partial charge in [-0.1, -0.05) is 15.9 Å². The zero-order chi connectivity index (χ0) is 12.7. The molecule has 0 saturated carbocycles. The Morgan fingerprint density at radius 2 is 2.06 bits per heavy atom. The molecule has 0 aliphatic heterocycles. The van der Waals surface area contributed by atoms with Crippen LogP contribution in [0.1, 0.15) is 5.56 Å². The minimum Gasteiger partial charge on any atom is -0.354 e. The van der Waals surface area contributed by atoms with Crippen molar-refractivity contribution in [2.45, 2.75) is 6.92 Å². The predicted octanol–water partition coefficient (Wildman–Crippen LogP) is 4.44. The summed E-state index contributed by atoms with van der Waals surface area (Å²) in [6, 6.07) is 7.99. The van der Waals surface area contributed by atoms with E-state index in [-0.39, 0.29) is 5.82 Å². The lowest BCUT2D eigenvalue weighted by molar-refractivity contribution is 0.612. The molecule has 3 rings (SSSR count). The van der Waals surface area contributed by atoms with Crippen molar-refractivity contribution in [1.82, 2.24) is 9.97 Å². The topological polar surface area (TPSA) is 28.7 Å². The molecule has 0 radical (unpaired) electrons. The molecule has 2 nitrogen and oxygen atoms in total. The highest BCUT2D eigenvalue weighted by molar-refractivity contribution is 9.10. The largest absolute Gasteiger partial charge is 0.354 e. The zero-order valence-electron chi connectivity index (χ0n) is 9.67. The van der Waals surface area contributed by atoms with Crippen LogP contribution in [0.3, 0.4) is 0 Å². The monoisotopic (exact) mass is 304 g/mol. The summed E-state index contributed by atoms with van der Waals surface area (Å²) in [7, 11) is 0. The molecule has 1 N–H and O–H groups in total. The highest BCUT2D eigenvalue weighted by atomic mass is 79.9. The second-order valence-corrected chi connectivity index (χ2v) is 5.12. The Morgan fingerprint density at radius 3 is 2.89 bits per heavy atom. The van der Waals surface area contributed by atoms with Gasteiger partial charge in [0.15, 0.2) is 0 Å². The van der Waals surface area contributed by atoms with E-state index in [2.05, 4.69) is 25.9 Å². The molecule has 0 unspecified atom stereocenters. The van der Waals surface area contributed by atoms with Crippen LogP contribution in [0, 0.1) is 12.7 Å². The van der Waals surface area contributed by atoms with Crippen LogP contribution in [0.25, 0.3) is 22.2 Å². The van der Waals surface area contributed by atoms with Crippen LogP contribution in [-0.2, 0) is 0 Å². The summed E-state index contributed by atoms with van der Waals surface area (Å²) in [4.78, 5) is 7.18. The summed E-state index contributed by atoms with van der Waals surface area (Å²) < 4.78 is 14.5. The van der Waals surface area contributed by atoms with Gasteiger partial charge in [-0.2, -0.15) is 0 Å². The molecule has 0 amide bonds. The first kappa shape index (κ1) is 11.4. The number of hydrogen-bond donors (Lipinski definition) is 1. The van der Waals surface area contributed by atoms with E-state index in [1.54, 1.807) is 13.1 Å². The standard InChI is InChI=1S/C14H10BrFN2/c1-8-11(6-17-7-12(8)16)14-5-9-4-10(15)2-3-13(9)18-14/h2-7,18H,1H3. The average molecular weight is 305 g/mol. The van der Waals surface area contributed by atoms with Crippen LogP contribution in [0.15, 0.2) is 41.1 Å². The highest BCUT2D eigenvalue weighted by Crippen LogP contribution is 2.28. The van der Waals surface area contributed by atoms with E-state index in [4.69, 9.17) is 0 Å². The first-order valence-corrected chi connectivity index (χ1v) is 6.33. The summed E-state index contributed by atoms with van der Waals surface area (Å²) >= 11 is 3.44. The van der Waals surface area contributed by atoms with Gasteiger partial charge in [0.05, 0.1) is 6.20 Å². The number of H-pyrrole nitrogens is 1. The van der Waals surface area contributed by atoms with Crippen LogP contribution in [0.4, 0.5) is 4.39 Å².